The van der Waals surface area contributed by atoms with Crippen LogP contribution < -0.4 is 10.9 Å². The van der Waals surface area contributed by atoms with Crippen LogP contribution in [0.15, 0.2) is 16.4 Å². The summed E-state index contributed by atoms with van der Waals surface area (Å²) in [4.78, 5) is 14.9. The molecule has 2 rings (SSSR count). The molecule has 0 saturated heterocycles. The number of nitrogens with one attached hydrogen (secondary N) is 2. The molecule has 0 bridgehead atoms. The van der Waals surface area contributed by atoms with Gasteiger partial charge in [-0.3, -0.25) is 15.6 Å². The summed E-state index contributed by atoms with van der Waals surface area (Å²) in [5.41, 5.74) is 6.01. The van der Waals surface area contributed by atoms with Crippen LogP contribution in [-0.4, -0.2) is 32.3 Å². The van der Waals surface area contributed by atoms with E-state index in [1.54, 1.807) is 0 Å². The van der Waals surface area contributed by atoms with Crippen LogP contribution in [0.2, 0.25) is 0 Å². The molecule has 0 unspecified atom stereocenters. The number of aliphatic imine (C=N–C) groups is 1. The number of amides is 1. The SMILES string of the molecule is CC(=O)NNC1=Nc2nncn2N=C(C)C1. The number of carbonyl (C=O) groups is 1. The third kappa shape index (κ3) is 2.22. The average molecular weight is 221 g/mol. The van der Waals surface area contributed by atoms with Crippen molar-refractivity contribution in [1.29, 1.82) is 0 Å². The first-order chi connectivity index (χ1) is 7.65. The summed E-state index contributed by atoms with van der Waals surface area (Å²) in [6, 6.07) is 0. The number of hydrazine groups is 1. The van der Waals surface area contributed by atoms with Crippen LogP contribution in [0.5, 0.6) is 0 Å². The quantitative estimate of drug-likeness (QED) is 0.581. The fourth-order valence-corrected chi connectivity index (χ4v) is 1.22. The zero-order valence-corrected chi connectivity index (χ0v) is 8.93. The van der Waals surface area contributed by atoms with Crippen molar-refractivity contribution < 1.29 is 4.79 Å². The Bertz CT molecular complexity index is 472. The molecule has 1 aromatic heterocycles. The van der Waals surface area contributed by atoms with E-state index in [0.29, 0.717) is 18.2 Å². The lowest BCUT2D eigenvalue weighted by Gasteiger charge is -2.07. The minimum Gasteiger partial charge on any atom is -0.285 e. The van der Waals surface area contributed by atoms with Crippen molar-refractivity contribution in [3.8, 4) is 0 Å². The molecule has 2 N–H and O–H groups in total. The van der Waals surface area contributed by atoms with E-state index in [0.717, 1.165) is 5.71 Å². The maximum atomic E-state index is 10.8. The van der Waals surface area contributed by atoms with E-state index in [9.17, 15) is 4.79 Å². The Morgan fingerprint density at radius 2 is 2.38 bits per heavy atom. The van der Waals surface area contributed by atoms with E-state index in [2.05, 4.69) is 31.1 Å². The Hall–Kier alpha value is -2.25. The average Bonchev–Trinajstić information content (AvgIpc) is 2.56. The first-order valence-corrected chi connectivity index (χ1v) is 4.70. The van der Waals surface area contributed by atoms with E-state index in [-0.39, 0.29) is 5.91 Å². The van der Waals surface area contributed by atoms with Crippen molar-refractivity contribution in [2.24, 2.45) is 10.1 Å². The lowest BCUT2D eigenvalue weighted by molar-refractivity contribution is -0.119. The lowest BCUT2D eigenvalue weighted by atomic mass is 10.3. The maximum Gasteiger partial charge on any atom is 0.273 e. The molecule has 0 saturated carbocycles. The van der Waals surface area contributed by atoms with Crippen molar-refractivity contribution >= 4 is 23.4 Å². The first kappa shape index (κ1) is 10.3. The zero-order chi connectivity index (χ0) is 11.5. The van der Waals surface area contributed by atoms with Gasteiger partial charge in [0.2, 0.25) is 5.91 Å². The number of hydrogen-bond acceptors (Lipinski definition) is 6. The molecule has 0 radical (unpaired) electrons. The second-order valence-electron chi connectivity index (χ2n) is 3.35. The van der Waals surface area contributed by atoms with Gasteiger partial charge >= 0.3 is 0 Å². The van der Waals surface area contributed by atoms with Gasteiger partial charge in [-0.25, -0.2) is 0 Å². The summed E-state index contributed by atoms with van der Waals surface area (Å²) in [6.07, 6.45) is 1.99. The summed E-state index contributed by atoms with van der Waals surface area (Å²) in [6.45, 7) is 3.27. The van der Waals surface area contributed by atoms with Gasteiger partial charge in [-0.2, -0.15) is 14.8 Å². The second-order valence-corrected chi connectivity index (χ2v) is 3.35. The Morgan fingerprint density at radius 3 is 3.12 bits per heavy atom. The smallest absolute Gasteiger partial charge is 0.273 e. The van der Waals surface area contributed by atoms with E-state index in [4.69, 9.17) is 0 Å². The Morgan fingerprint density at radius 1 is 1.56 bits per heavy atom. The van der Waals surface area contributed by atoms with Crippen molar-refractivity contribution in [2.45, 2.75) is 20.3 Å². The molecule has 84 valence electrons. The topological polar surface area (TPSA) is 96.6 Å². The van der Waals surface area contributed by atoms with Crippen LogP contribution in [0.4, 0.5) is 5.95 Å². The summed E-state index contributed by atoms with van der Waals surface area (Å²) < 4.78 is 1.48. The van der Waals surface area contributed by atoms with Crippen LogP contribution >= 0.6 is 0 Å². The fraction of sp³-hybridized carbons (Fsp3) is 0.375. The van der Waals surface area contributed by atoms with Gasteiger partial charge in [-0.15, -0.1) is 10.2 Å². The molecule has 0 spiro atoms. The molecule has 2 heterocycles. The Kier molecular flexibility index (Phi) is 2.63. The van der Waals surface area contributed by atoms with Gasteiger partial charge in [0.05, 0.1) is 0 Å². The van der Waals surface area contributed by atoms with Gasteiger partial charge in [-0.1, -0.05) is 0 Å². The summed E-state index contributed by atoms with van der Waals surface area (Å²) >= 11 is 0. The molecule has 1 amide bonds. The normalized spacial score (nSPS) is 14.4. The summed E-state index contributed by atoms with van der Waals surface area (Å²) in [5, 5.41) is 11.7. The number of nitrogens with zero attached hydrogens (tertiary/aromatic N) is 5. The second kappa shape index (κ2) is 4.09. The van der Waals surface area contributed by atoms with Crippen LogP contribution in [0, 0.1) is 0 Å². The number of aromatic nitrogens is 3. The molecule has 8 nitrogen and oxygen atoms in total. The van der Waals surface area contributed by atoms with Crippen LogP contribution in [-0.2, 0) is 4.79 Å². The van der Waals surface area contributed by atoms with Crippen molar-refractivity contribution in [1.82, 2.24) is 25.7 Å². The standard InChI is InChI=1S/C8H11N7O/c1-5-3-7(12-11-6(2)16)10-8-13-9-4-15(8)14-5/h4H,3H2,1-2H3,(H,11,16)(H,10,12,13). The zero-order valence-electron chi connectivity index (χ0n) is 8.93. The van der Waals surface area contributed by atoms with Crippen molar-refractivity contribution in [3.63, 3.8) is 0 Å². The van der Waals surface area contributed by atoms with Crippen LogP contribution in [0.3, 0.4) is 0 Å². The molecule has 0 fully saturated rings. The highest BCUT2D eigenvalue weighted by Crippen LogP contribution is 2.11. The predicted molar refractivity (Wildman–Crippen MR) is 57.2 cm³/mol. The minimum atomic E-state index is -0.192. The van der Waals surface area contributed by atoms with E-state index >= 15 is 0 Å². The summed E-state index contributed by atoms with van der Waals surface area (Å²) in [5.74, 6) is 0.760. The van der Waals surface area contributed by atoms with Crippen LogP contribution in [0.25, 0.3) is 0 Å². The highest BCUT2D eigenvalue weighted by atomic mass is 16.2. The molecule has 0 aliphatic carbocycles. The highest BCUT2D eigenvalue weighted by molar-refractivity contribution is 6.03. The van der Waals surface area contributed by atoms with Crippen LogP contribution in [0.1, 0.15) is 20.3 Å². The van der Waals surface area contributed by atoms with Crippen molar-refractivity contribution in [3.05, 3.63) is 6.33 Å². The maximum absolute atomic E-state index is 10.8. The van der Waals surface area contributed by atoms with E-state index in [1.165, 1.54) is 17.9 Å². The molecule has 8 heteroatoms. The van der Waals surface area contributed by atoms with Gasteiger partial charge in [0.1, 0.15) is 12.2 Å². The van der Waals surface area contributed by atoms with Gasteiger partial charge in [0.15, 0.2) is 0 Å². The number of amidine groups is 1. The molecule has 0 atom stereocenters. The Labute approximate surface area is 91.4 Å². The van der Waals surface area contributed by atoms with Gasteiger partial charge in [-0.05, 0) is 6.92 Å². The van der Waals surface area contributed by atoms with Gasteiger partial charge in [0, 0.05) is 19.1 Å². The number of rotatable bonds is 0. The lowest BCUT2D eigenvalue weighted by Crippen LogP contribution is -2.40. The van der Waals surface area contributed by atoms with E-state index in [1.807, 2.05) is 6.92 Å². The largest absolute Gasteiger partial charge is 0.285 e. The van der Waals surface area contributed by atoms with Gasteiger partial charge < -0.3 is 0 Å². The fourth-order valence-electron chi connectivity index (χ4n) is 1.22. The molecule has 1 aromatic rings. The third-order valence-corrected chi connectivity index (χ3v) is 1.83. The molecule has 16 heavy (non-hydrogen) atoms. The molecular formula is C8H11N7O. The summed E-state index contributed by atoms with van der Waals surface area (Å²) in [7, 11) is 0. The molecule has 1 aliphatic rings. The van der Waals surface area contributed by atoms with Crippen molar-refractivity contribution in [2.75, 3.05) is 0 Å². The Balaban J connectivity index is 2.22. The number of fused-ring (bicyclic) bond motifs is 1. The van der Waals surface area contributed by atoms with Gasteiger partial charge in [0.25, 0.3) is 5.95 Å². The minimum absolute atomic E-state index is 0.192. The number of carbonyl (C=O) groups excluding carboxylic acids is 1. The monoisotopic (exact) mass is 221 g/mol. The molecular weight excluding hydrogens is 210 g/mol. The first-order valence-electron chi connectivity index (χ1n) is 4.70. The molecule has 0 aromatic carbocycles. The van der Waals surface area contributed by atoms with E-state index < -0.39 is 0 Å². The third-order valence-electron chi connectivity index (χ3n) is 1.83. The predicted octanol–water partition coefficient (Wildman–Crippen LogP) is -0.424. The number of hydrogen-bond donors (Lipinski definition) is 2. The highest BCUT2D eigenvalue weighted by Gasteiger charge is 2.11. The molecule has 1 aliphatic heterocycles.